The van der Waals surface area contributed by atoms with Crippen molar-refractivity contribution in [3.05, 3.63) is 78.4 Å². The van der Waals surface area contributed by atoms with E-state index >= 15 is 0 Å². The smallest absolute Gasteiger partial charge is 0.323 e. The molecule has 0 aliphatic carbocycles. The number of carbonyl (C=O) groups is 2. The number of urea groups is 1. The van der Waals surface area contributed by atoms with E-state index in [0.717, 1.165) is 31.8 Å². The highest BCUT2D eigenvalue weighted by Gasteiger charge is 2.14. The zero-order valence-electron chi connectivity index (χ0n) is 21.2. The van der Waals surface area contributed by atoms with Crippen molar-refractivity contribution in [2.75, 3.05) is 43.9 Å². The largest absolute Gasteiger partial charge is 0.496 e. The molecule has 3 amide bonds. The first-order valence-corrected chi connectivity index (χ1v) is 12.7. The first-order chi connectivity index (χ1) is 18.1. The number of nitrogens with zero attached hydrogens (tertiary/aromatic N) is 1. The van der Waals surface area contributed by atoms with Crippen molar-refractivity contribution in [2.24, 2.45) is 0 Å². The van der Waals surface area contributed by atoms with Gasteiger partial charge in [0, 0.05) is 24.0 Å². The molecule has 0 bridgehead atoms. The summed E-state index contributed by atoms with van der Waals surface area (Å²) < 4.78 is 11.2. The second kappa shape index (κ2) is 13.3. The van der Waals surface area contributed by atoms with E-state index in [9.17, 15) is 9.59 Å². The summed E-state index contributed by atoms with van der Waals surface area (Å²) in [5.41, 5.74) is 1.56. The Morgan fingerprint density at radius 2 is 1.51 bits per heavy atom. The number of anilines is 2. The van der Waals surface area contributed by atoms with Crippen LogP contribution in [0.3, 0.4) is 0 Å². The van der Waals surface area contributed by atoms with Gasteiger partial charge in [-0.15, -0.1) is 0 Å². The molecule has 1 aliphatic heterocycles. The average Bonchev–Trinajstić information content (AvgIpc) is 2.93. The van der Waals surface area contributed by atoms with Crippen LogP contribution in [0.5, 0.6) is 17.2 Å². The fourth-order valence-electron chi connectivity index (χ4n) is 4.26. The Morgan fingerprint density at radius 1 is 0.838 bits per heavy atom. The number of amides is 3. The summed E-state index contributed by atoms with van der Waals surface area (Å²) in [6.45, 7) is 3.91. The number of ether oxygens (including phenoxy) is 2. The lowest BCUT2D eigenvalue weighted by molar-refractivity contribution is 0.0948. The minimum absolute atomic E-state index is 0.190. The normalized spacial score (nSPS) is 13.4. The molecule has 3 N–H and O–H groups in total. The lowest BCUT2D eigenvalue weighted by Crippen LogP contribution is -2.33. The molecule has 1 heterocycles. The molecule has 194 valence electrons. The van der Waals surface area contributed by atoms with Gasteiger partial charge in [-0.2, -0.15) is 0 Å². The molecule has 1 saturated heterocycles. The third-order valence-corrected chi connectivity index (χ3v) is 6.18. The van der Waals surface area contributed by atoms with Gasteiger partial charge in [-0.3, -0.25) is 4.79 Å². The van der Waals surface area contributed by atoms with Gasteiger partial charge in [0.1, 0.15) is 17.2 Å². The van der Waals surface area contributed by atoms with Crippen LogP contribution in [0.2, 0.25) is 0 Å². The molecule has 0 unspecified atom stereocenters. The highest BCUT2D eigenvalue weighted by atomic mass is 16.5. The molecule has 0 radical (unpaired) electrons. The van der Waals surface area contributed by atoms with E-state index in [1.165, 1.54) is 26.4 Å². The third kappa shape index (κ3) is 7.98. The Labute approximate surface area is 218 Å². The molecule has 0 saturated carbocycles. The summed E-state index contributed by atoms with van der Waals surface area (Å²) >= 11 is 0. The monoisotopic (exact) mass is 502 g/mol. The van der Waals surface area contributed by atoms with E-state index in [1.807, 2.05) is 30.3 Å². The van der Waals surface area contributed by atoms with Gasteiger partial charge >= 0.3 is 6.03 Å². The van der Waals surface area contributed by atoms with Gasteiger partial charge in [0.25, 0.3) is 5.91 Å². The molecule has 37 heavy (non-hydrogen) atoms. The van der Waals surface area contributed by atoms with Crippen molar-refractivity contribution in [1.82, 2.24) is 10.2 Å². The van der Waals surface area contributed by atoms with Crippen molar-refractivity contribution < 1.29 is 19.1 Å². The van der Waals surface area contributed by atoms with Crippen LogP contribution < -0.4 is 25.4 Å². The van der Waals surface area contributed by atoms with Gasteiger partial charge in [-0.1, -0.05) is 24.6 Å². The van der Waals surface area contributed by atoms with Gasteiger partial charge in [0.05, 0.1) is 12.7 Å². The van der Waals surface area contributed by atoms with E-state index in [2.05, 4.69) is 20.9 Å². The van der Waals surface area contributed by atoms with E-state index in [1.54, 1.807) is 42.5 Å². The third-order valence-electron chi connectivity index (χ3n) is 6.18. The number of hydrogen-bond donors (Lipinski definition) is 3. The first-order valence-electron chi connectivity index (χ1n) is 12.7. The summed E-state index contributed by atoms with van der Waals surface area (Å²) in [5.74, 6) is 1.62. The standard InChI is InChI=1S/C29H34N4O4/c1-36-27-21-23(13-16-26(27)28(34)30-17-8-20-33-18-6-3-7-19-33)32-29(35)31-22-11-14-25(15-12-22)37-24-9-4-2-5-10-24/h2,4-5,9-16,21H,3,6-8,17-20H2,1H3,(H,30,34)(H2,31,32,35). The predicted octanol–water partition coefficient (Wildman–Crippen LogP) is 5.74. The zero-order valence-corrected chi connectivity index (χ0v) is 21.2. The summed E-state index contributed by atoms with van der Waals surface area (Å²) in [5, 5.41) is 8.53. The summed E-state index contributed by atoms with van der Waals surface area (Å²) in [6.07, 6.45) is 4.75. The van der Waals surface area contributed by atoms with E-state index < -0.39 is 6.03 Å². The number of nitrogens with one attached hydrogen (secondary N) is 3. The van der Waals surface area contributed by atoms with Crippen LogP contribution in [0.15, 0.2) is 72.8 Å². The molecule has 0 atom stereocenters. The van der Waals surface area contributed by atoms with E-state index in [4.69, 9.17) is 9.47 Å². The van der Waals surface area contributed by atoms with Crippen LogP contribution in [-0.4, -0.2) is 50.1 Å². The lowest BCUT2D eigenvalue weighted by Gasteiger charge is -2.26. The van der Waals surface area contributed by atoms with E-state index in [-0.39, 0.29) is 5.91 Å². The topological polar surface area (TPSA) is 91.9 Å². The number of methoxy groups -OCH3 is 1. The maximum atomic E-state index is 12.7. The molecule has 0 spiro atoms. The molecule has 3 aromatic rings. The number of piperidine rings is 1. The molecule has 3 aromatic carbocycles. The molecule has 0 aromatic heterocycles. The Hall–Kier alpha value is -4.04. The van der Waals surface area contributed by atoms with Crippen LogP contribution >= 0.6 is 0 Å². The van der Waals surface area contributed by atoms with Gasteiger partial charge in [0.2, 0.25) is 0 Å². The van der Waals surface area contributed by atoms with Crippen LogP contribution in [0.1, 0.15) is 36.0 Å². The van der Waals surface area contributed by atoms with Crippen LogP contribution in [-0.2, 0) is 0 Å². The molecular weight excluding hydrogens is 468 g/mol. The SMILES string of the molecule is COc1cc(NC(=O)Nc2ccc(Oc3ccccc3)cc2)ccc1C(=O)NCCCN1CCCCC1. The average molecular weight is 503 g/mol. The van der Waals surface area contributed by atoms with Crippen LogP contribution in [0.25, 0.3) is 0 Å². The number of carbonyl (C=O) groups excluding carboxylic acids is 2. The number of para-hydroxylation sites is 1. The van der Waals surface area contributed by atoms with Gasteiger partial charge in [-0.05, 0) is 87.4 Å². The summed E-state index contributed by atoms with van der Waals surface area (Å²) in [4.78, 5) is 27.6. The Kier molecular flexibility index (Phi) is 9.37. The van der Waals surface area contributed by atoms with Crippen molar-refractivity contribution >= 4 is 23.3 Å². The Morgan fingerprint density at radius 3 is 2.24 bits per heavy atom. The summed E-state index contributed by atoms with van der Waals surface area (Å²) in [6, 6.07) is 21.1. The second-order valence-electron chi connectivity index (χ2n) is 8.95. The van der Waals surface area contributed by atoms with Crippen molar-refractivity contribution in [3.8, 4) is 17.2 Å². The quantitative estimate of drug-likeness (QED) is 0.308. The van der Waals surface area contributed by atoms with Crippen LogP contribution in [0.4, 0.5) is 16.2 Å². The fraction of sp³-hybridized carbons (Fsp3) is 0.310. The van der Waals surface area contributed by atoms with Crippen molar-refractivity contribution in [3.63, 3.8) is 0 Å². The minimum atomic E-state index is -0.409. The second-order valence-corrected chi connectivity index (χ2v) is 8.95. The van der Waals surface area contributed by atoms with Crippen molar-refractivity contribution in [2.45, 2.75) is 25.7 Å². The fourth-order valence-corrected chi connectivity index (χ4v) is 4.26. The van der Waals surface area contributed by atoms with Gasteiger partial charge in [-0.25, -0.2) is 4.79 Å². The maximum absolute atomic E-state index is 12.7. The minimum Gasteiger partial charge on any atom is -0.496 e. The highest BCUT2D eigenvalue weighted by molar-refractivity contribution is 6.01. The highest BCUT2D eigenvalue weighted by Crippen LogP contribution is 2.25. The van der Waals surface area contributed by atoms with Crippen molar-refractivity contribution in [1.29, 1.82) is 0 Å². The lowest BCUT2D eigenvalue weighted by atomic mass is 10.1. The van der Waals surface area contributed by atoms with E-state index in [0.29, 0.717) is 35.0 Å². The molecule has 1 aliphatic rings. The predicted molar refractivity (Wildman–Crippen MR) is 146 cm³/mol. The number of hydrogen-bond acceptors (Lipinski definition) is 5. The number of rotatable bonds is 10. The Bertz CT molecular complexity index is 1160. The van der Waals surface area contributed by atoms with Gasteiger partial charge < -0.3 is 30.3 Å². The molecule has 8 nitrogen and oxygen atoms in total. The summed E-state index contributed by atoms with van der Waals surface area (Å²) in [7, 11) is 1.51. The molecule has 8 heteroatoms. The number of benzene rings is 3. The van der Waals surface area contributed by atoms with Gasteiger partial charge in [0.15, 0.2) is 0 Å². The Balaban J connectivity index is 1.25. The van der Waals surface area contributed by atoms with Crippen LogP contribution in [0, 0.1) is 0 Å². The molecule has 1 fully saturated rings. The first kappa shape index (κ1) is 26.0. The zero-order chi connectivity index (χ0) is 25.9. The molecule has 4 rings (SSSR count). The number of likely N-dealkylation sites (tertiary alicyclic amines) is 1. The molecular formula is C29H34N4O4. The maximum Gasteiger partial charge on any atom is 0.323 e.